The van der Waals surface area contributed by atoms with Gasteiger partial charge in [0.25, 0.3) is 0 Å². The number of carbonyl (C=O) groups excluding carboxylic acids is 1. The molecule has 0 bridgehead atoms. The predicted molar refractivity (Wildman–Crippen MR) is 76.7 cm³/mol. The maximum atomic E-state index is 12.6. The van der Waals surface area contributed by atoms with E-state index in [-0.39, 0.29) is 38.4 Å². The van der Waals surface area contributed by atoms with E-state index in [1.54, 1.807) is 0 Å². The largest absolute Gasteiger partial charge is 0.480 e. The number of carbonyl (C=O) groups is 2. The zero-order chi connectivity index (χ0) is 17.5. The van der Waals surface area contributed by atoms with E-state index in [0.29, 0.717) is 12.8 Å². The average molecular weight is 337 g/mol. The molecular weight excluding hydrogens is 315 g/mol. The highest BCUT2D eigenvalue weighted by atomic mass is 19.4. The SMILES string of the molecule is C=CCOCC(NC(=O)CC1CCC(C(F)(F)F)CC1)C(=O)O. The van der Waals surface area contributed by atoms with Crippen LogP contribution in [0, 0.1) is 11.8 Å². The van der Waals surface area contributed by atoms with Crippen LogP contribution in [-0.2, 0) is 14.3 Å². The second kappa shape index (κ2) is 8.90. The molecule has 1 unspecified atom stereocenters. The van der Waals surface area contributed by atoms with Gasteiger partial charge in [0.15, 0.2) is 6.04 Å². The molecular formula is C15H22F3NO4. The van der Waals surface area contributed by atoms with Crippen LogP contribution in [0.2, 0.25) is 0 Å². The minimum absolute atomic E-state index is 0.0201. The molecule has 0 aromatic heterocycles. The molecule has 0 heterocycles. The van der Waals surface area contributed by atoms with Crippen molar-refractivity contribution >= 4 is 11.9 Å². The Hall–Kier alpha value is -1.57. The number of hydrogen-bond donors (Lipinski definition) is 2. The molecule has 132 valence electrons. The number of halogens is 3. The van der Waals surface area contributed by atoms with Crippen LogP contribution in [0.3, 0.4) is 0 Å². The van der Waals surface area contributed by atoms with Gasteiger partial charge in [0.1, 0.15) is 0 Å². The van der Waals surface area contributed by atoms with Crippen molar-refractivity contribution in [3.05, 3.63) is 12.7 Å². The van der Waals surface area contributed by atoms with E-state index < -0.39 is 30.0 Å². The highest BCUT2D eigenvalue weighted by Gasteiger charge is 2.41. The first-order valence-electron chi connectivity index (χ1n) is 7.51. The van der Waals surface area contributed by atoms with Gasteiger partial charge in [-0.1, -0.05) is 6.08 Å². The Kier molecular flexibility index (Phi) is 7.54. The summed E-state index contributed by atoms with van der Waals surface area (Å²) in [7, 11) is 0. The molecule has 0 saturated heterocycles. The monoisotopic (exact) mass is 337 g/mol. The first-order chi connectivity index (χ1) is 10.7. The number of carboxylic acid groups (broad SMARTS) is 1. The van der Waals surface area contributed by atoms with E-state index in [1.807, 2.05) is 0 Å². The van der Waals surface area contributed by atoms with Crippen LogP contribution in [0.4, 0.5) is 13.2 Å². The Balaban J connectivity index is 2.38. The Morgan fingerprint density at radius 1 is 1.30 bits per heavy atom. The number of carboxylic acids is 1. The van der Waals surface area contributed by atoms with Crippen LogP contribution in [0.1, 0.15) is 32.1 Å². The summed E-state index contributed by atoms with van der Waals surface area (Å²) in [6.45, 7) is 3.41. The number of ether oxygens (including phenoxy) is 1. The Morgan fingerprint density at radius 2 is 1.91 bits per heavy atom. The van der Waals surface area contributed by atoms with Crippen LogP contribution in [0.5, 0.6) is 0 Å². The molecule has 0 spiro atoms. The van der Waals surface area contributed by atoms with Crippen molar-refractivity contribution in [1.29, 1.82) is 0 Å². The summed E-state index contributed by atoms with van der Waals surface area (Å²) >= 11 is 0. The first-order valence-corrected chi connectivity index (χ1v) is 7.51. The minimum atomic E-state index is -4.18. The molecule has 0 aromatic carbocycles. The van der Waals surface area contributed by atoms with Gasteiger partial charge in [0.2, 0.25) is 5.91 Å². The lowest BCUT2D eigenvalue weighted by Gasteiger charge is -2.29. The van der Waals surface area contributed by atoms with Crippen LogP contribution < -0.4 is 5.32 Å². The Morgan fingerprint density at radius 3 is 2.39 bits per heavy atom. The van der Waals surface area contributed by atoms with Gasteiger partial charge in [-0.05, 0) is 31.6 Å². The fourth-order valence-electron chi connectivity index (χ4n) is 2.65. The second-order valence-electron chi connectivity index (χ2n) is 5.75. The van der Waals surface area contributed by atoms with E-state index in [2.05, 4.69) is 11.9 Å². The molecule has 1 rings (SSSR count). The van der Waals surface area contributed by atoms with E-state index in [0.717, 1.165) is 0 Å². The van der Waals surface area contributed by atoms with Crippen molar-refractivity contribution in [3.63, 3.8) is 0 Å². The van der Waals surface area contributed by atoms with Crippen LogP contribution in [0.15, 0.2) is 12.7 Å². The van der Waals surface area contributed by atoms with Crippen LogP contribution in [-0.4, -0.2) is 42.4 Å². The molecule has 1 aliphatic carbocycles. The molecule has 8 heteroatoms. The summed E-state index contributed by atoms with van der Waals surface area (Å²) in [6, 6.07) is -1.17. The summed E-state index contributed by atoms with van der Waals surface area (Å²) in [5.74, 6) is -3.13. The minimum Gasteiger partial charge on any atom is -0.480 e. The van der Waals surface area contributed by atoms with Crippen molar-refractivity contribution in [2.24, 2.45) is 11.8 Å². The third-order valence-corrected chi connectivity index (χ3v) is 3.94. The lowest BCUT2D eigenvalue weighted by molar-refractivity contribution is -0.184. The zero-order valence-corrected chi connectivity index (χ0v) is 12.8. The van der Waals surface area contributed by atoms with Gasteiger partial charge in [-0.25, -0.2) is 4.79 Å². The first kappa shape index (κ1) is 19.5. The lowest BCUT2D eigenvalue weighted by atomic mass is 9.80. The molecule has 1 atom stereocenters. The average Bonchev–Trinajstić information content (AvgIpc) is 2.45. The summed E-state index contributed by atoms with van der Waals surface area (Å²) in [6.07, 6.45) is -2.00. The van der Waals surface area contributed by atoms with E-state index in [4.69, 9.17) is 9.84 Å². The van der Waals surface area contributed by atoms with Crippen molar-refractivity contribution in [1.82, 2.24) is 5.32 Å². The van der Waals surface area contributed by atoms with Gasteiger partial charge in [-0.2, -0.15) is 13.2 Å². The number of hydrogen-bond acceptors (Lipinski definition) is 3. The topological polar surface area (TPSA) is 75.6 Å². The maximum Gasteiger partial charge on any atom is 0.391 e. The fourth-order valence-corrected chi connectivity index (χ4v) is 2.65. The highest BCUT2D eigenvalue weighted by Crippen LogP contribution is 2.40. The predicted octanol–water partition coefficient (Wildman–Crippen LogP) is 2.52. The van der Waals surface area contributed by atoms with Crippen molar-refractivity contribution in [2.75, 3.05) is 13.2 Å². The molecule has 0 aliphatic heterocycles. The van der Waals surface area contributed by atoms with Crippen molar-refractivity contribution < 1.29 is 32.6 Å². The molecule has 0 radical (unpaired) electrons. The van der Waals surface area contributed by atoms with Gasteiger partial charge in [0, 0.05) is 6.42 Å². The molecule has 1 fully saturated rings. The number of rotatable bonds is 8. The lowest BCUT2D eigenvalue weighted by Crippen LogP contribution is -2.44. The van der Waals surface area contributed by atoms with E-state index in [9.17, 15) is 22.8 Å². The van der Waals surface area contributed by atoms with Gasteiger partial charge in [-0.15, -0.1) is 6.58 Å². The molecule has 1 amide bonds. The summed E-state index contributed by atoms with van der Waals surface area (Å²) in [4.78, 5) is 22.9. The molecule has 23 heavy (non-hydrogen) atoms. The zero-order valence-electron chi connectivity index (χ0n) is 12.8. The third-order valence-electron chi connectivity index (χ3n) is 3.94. The summed E-state index contributed by atoms with van der Waals surface area (Å²) < 4.78 is 42.7. The van der Waals surface area contributed by atoms with Crippen LogP contribution in [0.25, 0.3) is 0 Å². The molecule has 5 nitrogen and oxygen atoms in total. The Labute approximate surface area is 132 Å². The summed E-state index contributed by atoms with van der Waals surface area (Å²) in [5.41, 5.74) is 0. The number of alkyl halides is 3. The standard InChI is InChI=1S/C15H22F3NO4/c1-2-7-23-9-12(14(21)22)19-13(20)8-10-3-5-11(6-4-10)15(16,17)18/h2,10-12H,1,3-9H2,(H,19,20)(H,21,22). The number of aliphatic carboxylic acids is 1. The quantitative estimate of drug-likeness (QED) is 0.527. The number of amides is 1. The van der Waals surface area contributed by atoms with Gasteiger partial charge in [-0.3, -0.25) is 4.79 Å². The number of nitrogens with one attached hydrogen (secondary N) is 1. The van der Waals surface area contributed by atoms with Gasteiger partial charge < -0.3 is 15.2 Å². The van der Waals surface area contributed by atoms with E-state index in [1.165, 1.54) is 6.08 Å². The van der Waals surface area contributed by atoms with Crippen molar-refractivity contribution in [3.8, 4) is 0 Å². The smallest absolute Gasteiger partial charge is 0.391 e. The maximum absolute atomic E-state index is 12.6. The third kappa shape index (κ3) is 7.02. The molecule has 0 aromatic rings. The van der Waals surface area contributed by atoms with Gasteiger partial charge >= 0.3 is 12.1 Å². The van der Waals surface area contributed by atoms with Crippen LogP contribution >= 0.6 is 0 Å². The molecule has 1 aliphatic rings. The highest BCUT2D eigenvalue weighted by molar-refractivity contribution is 5.83. The second-order valence-corrected chi connectivity index (χ2v) is 5.75. The normalized spacial score (nSPS) is 23.1. The van der Waals surface area contributed by atoms with E-state index >= 15 is 0 Å². The summed E-state index contributed by atoms with van der Waals surface area (Å²) in [5, 5.41) is 11.4. The fraction of sp³-hybridized carbons (Fsp3) is 0.733. The van der Waals surface area contributed by atoms with Crippen molar-refractivity contribution in [2.45, 2.75) is 44.3 Å². The van der Waals surface area contributed by atoms with Gasteiger partial charge in [0.05, 0.1) is 19.1 Å². The molecule has 2 N–H and O–H groups in total. The molecule has 1 saturated carbocycles. The Bertz CT molecular complexity index is 417.